The van der Waals surface area contributed by atoms with Gasteiger partial charge in [0, 0.05) is 13.0 Å². The highest BCUT2D eigenvalue weighted by Crippen LogP contribution is 2.07. The van der Waals surface area contributed by atoms with E-state index in [1.807, 2.05) is 18.2 Å². The van der Waals surface area contributed by atoms with Gasteiger partial charge >= 0.3 is 0 Å². The van der Waals surface area contributed by atoms with E-state index in [1.54, 1.807) is 27.7 Å². The summed E-state index contributed by atoms with van der Waals surface area (Å²) in [7, 11) is 0. The first kappa shape index (κ1) is 69.7. The Hall–Kier alpha value is -6.36. The molecule has 27 nitrogen and oxygen atoms in total. The van der Waals surface area contributed by atoms with Crippen LogP contribution in [0, 0.1) is 12.8 Å². The number of aliphatic hydroxyl groups is 1. The van der Waals surface area contributed by atoms with Gasteiger partial charge in [0.15, 0.2) is 0 Å². The van der Waals surface area contributed by atoms with Crippen molar-refractivity contribution < 1.29 is 53.1 Å². The molecular formula is C47H88N16O11. The maximum absolute atomic E-state index is 13.5. The van der Waals surface area contributed by atoms with Crippen LogP contribution >= 0.6 is 0 Å². The van der Waals surface area contributed by atoms with Crippen LogP contribution in [-0.2, 0) is 47.9 Å². The number of nitrogens with one attached hydrogen (secondary N) is 9. The highest BCUT2D eigenvalue weighted by molar-refractivity contribution is 5.97. The Morgan fingerprint density at radius 1 is 0.514 bits per heavy atom. The van der Waals surface area contributed by atoms with Gasteiger partial charge in [0.1, 0.15) is 36.3 Å². The SMILES string of the molecule is CCCC(=O)NC(CCN)C(=O)NCC(=O)NC(CCN)C(=O)NCC(=O)NC(CC(C)C)C(=O)NC(CCN)C(=O)NC(CCN)C(=O)NC(C(=O)NCC)C(C)O.Cc1ccccc1.NCCC(N)C(N)=O. The number of rotatable bonds is 33. The number of amides is 10. The summed E-state index contributed by atoms with van der Waals surface area (Å²) in [5.41, 5.74) is 39.0. The van der Waals surface area contributed by atoms with E-state index in [0.717, 1.165) is 0 Å². The van der Waals surface area contributed by atoms with Crippen LogP contribution < -0.4 is 88.0 Å². The third-order valence-corrected chi connectivity index (χ3v) is 10.3. The Kier molecular flexibility index (Phi) is 38.7. The Balaban J connectivity index is 0. The maximum Gasteiger partial charge on any atom is 0.245 e. The van der Waals surface area contributed by atoms with Crippen molar-refractivity contribution in [3.63, 3.8) is 0 Å². The molecule has 0 aliphatic carbocycles. The topological polar surface area (TPSA) is 481 Å². The average molecular weight is 1050 g/mol. The van der Waals surface area contributed by atoms with E-state index in [-0.39, 0.29) is 83.1 Å². The molecule has 0 heterocycles. The Morgan fingerprint density at radius 3 is 1.24 bits per heavy atom. The number of hydrogen-bond acceptors (Lipinski definition) is 17. The zero-order valence-electron chi connectivity index (χ0n) is 44.0. The van der Waals surface area contributed by atoms with Crippen molar-refractivity contribution in [1.29, 1.82) is 0 Å². The van der Waals surface area contributed by atoms with Gasteiger partial charge in [-0.1, -0.05) is 56.7 Å². The smallest absolute Gasteiger partial charge is 0.245 e. The van der Waals surface area contributed by atoms with Crippen LogP contribution in [0.1, 0.15) is 91.5 Å². The minimum atomic E-state index is -1.32. The minimum absolute atomic E-state index is 0.0245. The second kappa shape index (κ2) is 41.0. The number of hydrogen-bond donors (Lipinski definition) is 17. The quantitative estimate of drug-likeness (QED) is 0.0312. The number of nitrogens with two attached hydrogens (primary N) is 7. The average Bonchev–Trinajstić information content (AvgIpc) is 3.33. The second-order valence-electron chi connectivity index (χ2n) is 17.5. The van der Waals surface area contributed by atoms with Crippen LogP contribution in [0.15, 0.2) is 30.3 Å². The van der Waals surface area contributed by atoms with E-state index >= 15 is 0 Å². The number of aliphatic hydroxyl groups excluding tert-OH is 1. The van der Waals surface area contributed by atoms with Gasteiger partial charge in [0.2, 0.25) is 59.1 Å². The lowest BCUT2D eigenvalue weighted by Crippen LogP contribution is -2.60. The molecule has 0 fully saturated rings. The molecule has 0 aliphatic heterocycles. The Labute approximate surface area is 434 Å². The summed E-state index contributed by atoms with van der Waals surface area (Å²) in [4.78, 5) is 126. The Morgan fingerprint density at radius 2 is 0.905 bits per heavy atom. The van der Waals surface area contributed by atoms with Crippen molar-refractivity contribution in [3.05, 3.63) is 35.9 Å². The standard InChI is InChI=1S/C36H69N13O10.C7H8.C4H11N3O/c1-6-8-27(51)44-22(9-13-37)31(54)42-18-28(52)45-23(10-14-38)32(55)43-19-29(53)46-26(17-20(3)4)35(58)48-24(11-15-39)33(56)47-25(12-16-40)34(57)49-30(21(5)50)36(59)41-7-2;1-7-5-3-2-4-6-7;5-2-1-3(6)4(7)8/h20-26,30,50H,6-19,37-40H2,1-5H3,(H,41,59)(H,42,54)(H,43,55)(H,44,51)(H,45,52)(H,46,53)(H,47,56)(H,48,58)(H,49,57);2-6H,1H3;3H,1-2,5-6H2,(H2,7,8). The van der Waals surface area contributed by atoms with E-state index in [1.165, 1.54) is 12.5 Å². The number of aryl methyl sites for hydroxylation is 1. The van der Waals surface area contributed by atoms with E-state index in [9.17, 15) is 53.1 Å². The summed E-state index contributed by atoms with van der Waals surface area (Å²) >= 11 is 0. The van der Waals surface area contributed by atoms with Crippen molar-refractivity contribution in [2.45, 2.75) is 141 Å². The summed E-state index contributed by atoms with van der Waals surface area (Å²) in [6.07, 6.45) is 0.0885. The molecule has 1 aromatic rings. The molecular weight excluding hydrogens is 965 g/mol. The molecule has 8 atom stereocenters. The largest absolute Gasteiger partial charge is 0.391 e. The van der Waals surface area contributed by atoms with E-state index in [4.69, 9.17) is 40.1 Å². The van der Waals surface area contributed by atoms with Crippen LogP contribution in [-0.4, -0.2) is 165 Å². The molecule has 0 aliphatic rings. The Bertz CT molecular complexity index is 1860. The fraction of sp³-hybridized carbons (Fsp3) is 0.660. The molecule has 0 saturated carbocycles. The molecule has 0 aromatic heterocycles. The number of carbonyl (C=O) groups excluding carboxylic acids is 10. The predicted octanol–water partition coefficient (Wildman–Crippen LogP) is -5.97. The molecule has 1 rings (SSSR count). The molecule has 0 spiro atoms. The van der Waals surface area contributed by atoms with E-state index in [2.05, 4.69) is 66.9 Å². The number of benzene rings is 1. The normalized spacial score (nSPS) is 13.8. The van der Waals surface area contributed by atoms with Gasteiger partial charge in [-0.15, -0.1) is 0 Å². The van der Waals surface area contributed by atoms with Crippen molar-refractivity contribution in [1.82, 2.24) is 47.9 Å². The lowest BCUT2D eigenvalue weighted by Gasteiger charge is -2.27. The molecule has 27 heteroatoms. The van der Waals surface area contributed by atoms with Crippen molar-refractivity contribution >= 4 is 59.1 Å². The molecule has 0 saturated heterocycles. The predicted molar refractivity (Wildman–Crippen MR) is 279 cm³/mol. The lowest BCUT2D eigenvalue weighted by molar-refractivity contribution is -0.135. The van der Waals surface area contributed by atoms with Gasteiger partial charge in [-0.3, -0.25) is 47.9 Å². The van der Waals surface area contributed by atoms with Crippen LogP contribution in [0.4, 0.5) is 0 Å². The minimum Gasteiger partial charge on any atom is -0.391 e. The molecule has 10 amide bonds. The lowest BCUT2D eigenvalue weighted by atomic mass is 10.0. The van der Waals surface area contributed by atoms with Gasteiger partial charge in [-0.05, 0) is 104 Å². The summed E-state index contributed by atoms with van der Waals surface area (Å²) in [6, 6.07) is 2.53. The number of likely N-dealkylation sites (N-methyl/N-ethyl adjacent to an activating group) is 1. The molecule has 1 aromatic carbocycles. The fourth-order valence-electron chi connectivity index (χ4n) is 6.35. The third kappa shape index (κ3) is 32.0. The van der Waals surface area contributed by atoms with E-state index < -0.39 is 115 Å². The monoisotopic (exact) mass is 1050 g/mol. The molecule has 0 radical (unpaired) electrons. The fourth-order valence-corrected chi connectivity index (χ4v) is 6.35. The first-order chi connectivity index (χ1) is 35.0. The van der Waals surface area contributed by atoms with Gasteiger partial charge in [0.05, 0.1) is 25.2 Å². The van der Waals surface area contributed by atoms with Gasteiger partial charge in [-0.25, -0.2) is 0 Å². The van der Waals surface area contributed by atoms with Crippen LogP contribution in [0.5, 0.6) is 0 Å². The van der Waals surface area contributed by atoms with Gasteiger partial charge in [0.25, 0.3) is 0 Å². The molecule has 422 valence electrons. The van der Waals surface area contributed by atoms with Crippen LogP contribution in [0.2, 0.25) is 0 Å². The maximum atomic E-state index is 13.5. The summed E-state index contributed by atoms with van der Waals surface area (Å²) in [5, 5.41) is 32.4. The molecule has 74 heavy (non-hydrogen) atoms. The van der Waals surface area contributed by atoms with Crippen molar-refractivity contribution in [3.8, 4) is 0 Å². The summed E-state index contributed by atoms with van der Waals surface area (Å²) in [5.74, 6) is -6.89. The van der Waals surface area contributed by atoms with Crippen LogP contribution in [0.25, 0.3) is 0 Å². The number of primary amides is 1. The third-order valence-electron chi connectivity index (χ3n) is 10.3. The number of carbonyl (C=O) groups is 10. The van der Waals surface area contributed by atoms with Gasteiger partial charge in [-0.2, -0.15) is 0 Å². The summed E-state index contributed by atoms with van der Waals surface area (Å²) in [6.45, 7) is 9.93. The van der Waals surface area contributed by atoms with E-state index in [0.29, 0.717) is 19.4 Å². The molecule has 0 bridgehead atoms. The van der Waals surface area contributed by atoms with Gasteiger partial charge < -0.3 is 93.1 Å². The molecule has 24 N–H and O–H groups in total. The van der Waals surface area contributed by atoms with Crippen molar-refractivity contribution in [2.24, 2.45) is 46.1 Å². The zero-order chi connectivity index (χ0) is 56.8. The van der Waals surface area contributed by atoms with Crippen LogP contribution in [0.3, 0.4) is 0 Å². The van der Waals surface area contributed by atoms with Crippen molar-refractivity contribution in [2.75, 3.05) is 52.4 Å². The zero-order valence-corrected chi connectivity index (χ0v) is 44.0. The highest BCUT2D eigenvalue weighted by Gasteiger charge is 2.33. The first-order valence-electron chi connectivity index (χ1n) is 24.8. The molecule has 8 unspecified atom stereocenters. The second-order valence-corrected chi connectivity index (χ2v) is 17.5. The first-order valence-corrected chi connectivity index (χ1v) is 24.8. The summed E-state index contributed by atoms with van der Waals surface area (Å²) < 4.78 is 0. The highest BCUT2D eigenvalue weighted by atomic mass is 16.3.